The molecular formula is C30H15N3S. The average molecular weight is 450 g/mol. The van der Waals surface area contributed by atoms with Gasteiger partial charge in [0, 0.05) is 32.0 Å². The molecule has 0 N–H and O–H groups in total. The van der Waals surface area contributed by atoms with E-state index in [2.05, 4.69) is 71.1 Å². The first-order valence-electron chi connectivity index (χ1n) is 11.0. The standard InChI is InChI=1S/C30H15N3S/c31-16-18(17-32)15-25-27(19-7-2-1-3-8-19)28-23-11-6-9-20-13-14-22-21-10-4-5-12-24(21)33(30(28)34-25)29(22)26(20)23/h1-15H. The van der Waals surface area contributed by atoms with Gasteiger partial charge < -0.3 is 0 Å². The van der Waals surface area contributed by atoms with Crippen LogP contribution in [-0.4, -0.2) is 4.40 Å². The molecule has 7 rings (SSSR count). The number of para-hydroxylation sites is 1. The lowest BCUT2D eigenvalue weighted by atomic mass is 9.95. The summed E-state index contributed by atoms with van der Waals surface area (Å²) < 4.78 is 2.38. The summed E-state index contributed by atoms with van der Waals surface area (Å²) in [6.07, 6.45) is 1.74. The maximum atomic E-state index is 9.51. The van der Waals surface area contributed by atoms with Crippen molar-refractivity contribution in [3.05, 3.63) is 95.4 Å². The number of nitrogens with zero attached hydrogens (tertiary/aromatic N) is 3. The number of pyridine rings is 1. The van der Waals surface area contributed by atoms with Gasteiger partial charge in [0.15, 0.2) is 0 Å². The van der Waals surface area contributed by atoms with Crippen LogP contribution in [0.1, 0.15) is 4.88 Å². The van der Waals surface area contributed by atoms with Gasteiger partial charge in [0.05, 0.1) is 11.0 Å². The van der Waals surface area contributed by atoms with E-state index in [4.69, 9.17) is 0 Å². The first kappa shape index (κ1) is 18.9. The third-order valence-corrected chi connectivity index (χ3v) is 7.77. The van der Waals surface area contributed by atoms with Gasteiger partial charge in [-0.05, 0) is 28.5 Å². The molecule has 0 aliphatic carbocycles. The van der Waals surface area contributed by atoms with Gasteiger partial charge in [0.2, 0.25) is 0 Å². The zero-order chi connectivity index (χ0) is 22.8. The molecule has 156 valence electrons. The van der Waals surface area contributed by atoms with E-state index in [-0.39, 0.29) is 5.57 Å². The Morgan fingerprint density at radius 3 is 2.32 bits per heavy atom. The topological polar surface area (TPSA) is 52.0 Å². The minimum Gasteiger partial charge on any atom is -0.299 e. The summed E-state index contributed by atoms with van der Waals surface area (Å²) in [5.41, 5.74) is 4.63. The van der Waals surface area contributed by atoms with E-state index >= 15 is 0 Å². The predicted molar refractivity (Wildman–Crippen MR) is 141 cm³/mol. The van der Waals surface area contributed by atoms with Crippen molar-refractivity contribution in [2.75, 3.05) is 0 Å². The SMILES string of the molecule is N#CC(C#N)=Cc1sc2c(c1-c1ccccc1)c1cccc3ccc4c5ccccc5n2c4c31. The summed E-state index contributed by atoms with van der Waals surface area (Å²) >= 11 is 1.64. The molecule has 0 unspecified atom stereocenters. The van der Waals surface area contributed by atoms with E-state index in [9.17, 15) is 10.5 Å². The summed E-state index contributed by atoms with van der Waals surface area (Å²) in [5.74, 6) is 0. The summed E-state index contributed by atoms with van der Waals surface area (Å²) in [4.78, 5) is 2.04. The second-order valence-electron chi connectivity index (χ2n) is 8.39. The van der Waals surface area contributed by atoms with Crippen molar-refractivity contribution in [1.29, 1.82) is 10.5 Å². The van der Waals surface area contributed by atoms with Crippen molar-refractivity contribution in [2.45, 2.75) is 0 Å². The number of hydrogen-bond acceptors (Lipinski definition) is 3. The molecule has 4 aromatic carbocycles. The van der Waals surface area contributed by atoms with Gasteiger partial charge in [-0.1, -0.05) is 78.9 Å². The molecule has 3 heterocycles. The van der Waals surface area contributed by atoms with Gasteiger partial charge in [0.1, 0.15) is 22.5 Å². The molecular weight excluding hydrogens is 434 g/mol. The minimum absolute atomic E-state index is 0.106. The molecule has 0 saturated heterocycles. The van der Waals surface area contributed by atoms with Crippen LogP contribution < -0.4 is 0 Å². The molecule has 4 heteroatoms. The van der Waals surface area contributed by atoms with Crippen molar-refractivity contribution in [3.8, 4) is 23.3 Å². The summed E-state index contributed by atoms with van der Waals surface area (Å²) in [5, 5.41) is 26.3. The summed E-state index contributed by atoms with van der Waals surface area (Å²) in [6.45, 7) is 0. The van der Waals surface area contributed by atoms with Crippen LogP contribution in [-0.2, 0) is 0 Å². The molecule has 0 fully saturated rings. The Bertz CT molecular complexity index is 2010. The first-order chi connectivity index (χ1) is 16.8. The highest BCUT2D eigenvalue weighted by molar-refractivity contribution is 7.20. The fourth-order valence-corrected chi connectivity index (χ4v) is 6.61. The third kappa shape index (κ3) is 2.38. The highest BCUT2D eigenvalue weighted by Crippen LogP contribution is 2.48. The van der Waals surface area contributed by atoms with Crippen molar-refractivity contribution in [3.63, 3.8) is 0 Å². The van der Waals surface area contributed by atoms with Gasteiger partial charge in [-0.25, -0.2) is 0 Å². The van der Waals surface area contributed by atoms with E-state index in [1.54, 1.807) is 17.4 Å². The lowest BCUT2D eigenvalue weighted by molar-refractivity contribution is 1.38. The Labute approximate surface area is 199 Å². The molecule has 0 atom stereocenters. The quantitative estimate of drug-likeness (QED) is 0.250. The maximum absolute atomic E-state index is 9.51. The summed E-state index contributed by atoms with van der Waals surface area (Å²) in [7, 11) is 0. The van der Waals surface area contributed by atoms with Crippen LogP contribution in [0.5, 0.6) is 0 Å². The van der Waals surface area contributed by atoms with Crippen LogP contribution in [0, 0.1) is 22.7 Å². The Hall–Kier alpha value is -4.64. The molecule has 7 aromatic rings. The second kappa shape index (κ2) is 6.93. The van der Waals surface area contributed by atoms with E-state index in [1.807, 2.05) is 30.3 Å². The molecule has 34 heavy (non-hydrogen) atoms. The van der Waals surface area contributed by atoms with Gasteiger partial charge >= 0.3 is 0 Å². The second-order valence-corrected chi connectivity index (χ2v) is 9.42. The number of aromatic nitrogens is 1. The van der Waals surface area contributed by atoms with Gasteiger partial charge in [0.25, 0.3) is 0 Å². The average Bonchev–Trinajstić information content (AvgIpc) is 3.43. The monoisotopic (exact) mass is 449 g/mol. The largest absolute Gasteiger partial charge is 0.299 e. The molecule has 0 aliphatic heterocycles. The van der Waals surface area contributed by atoms with Crippen molar-refractivity contribution in [1.82, 2.24) is 4.40 Å². The van der Waals surface area contributed by atoms with Crippen LogP contribution >= 0.6 is 11.3 Å². The Morgan fingerprint density at radius 1 is 0.735 bits per heavy atom. The highest BCUT2D eigenvalue weighted by atomic mass is 32.1. The number of rotatable bonds is 2. The van der Waals surface area contributed by atoms with Crippen molar-refractivity contribution in [2.24, 2.45) is 0 Å². The molecule has 3 nitrogen and oxygen atoms in total. The molecule has 0 amide bonds. The van der Waals surface area contributed by atoms with E-state index < -0.39 is 0 Å². The summed E-state index contributed by atoms with van der Waals surface area (Å²) in [6, 6.07) is 33.8. The normalized spacial score (nSPS) is 11.5. The number of hydrogen-bond donors (Lipinski definition) is 0. The van der Waals surface area contributed by atoms with Crippen LogP contribution in [0.4, 0.5) is 0 Å². The lowest BCUT2D eigenvalue weighted by Gasteiger charge is -2.11. The fraction of sp³-hybridized carbons (Fsp3) is 0. The van der Waals surface area contributed by atoms with E-state index in [0.29, 0.717) is 0 Å². The smallest absolute Gasteiger partial charge is 0.131 e. The number of nitriles is 2. The Kier molecular flexibility index (Phi) is 3.85. The third-order valence-electron chi connectivity index (χ3n) is 6.65. The van der Waals surface area contributed by atoms with Gasteiger partial charge in [-0.15, -0.1) is 11.3 Å². The number of benzene rings is 4. The van der Waals surface area contributed by atoms with Gasteiger partial charge in [-0.2, -0.15) is 10.5 Å². The van der Waals surface area contributed by atoms with E-state index in [1.165, 1.54) is 32.4 Å². The Balaban J connectivity index is 1.83. The zero-order valence-electron chi connectivity index (χ0n) is 17.9. The molecule has 0 spiro atoms. The van der Waals surface area contributed by atoms with Gasteiger partial charge in [-0.3, -0.25) is 4.40 Å². The van der Waals surface area contributed by atoms with Crippen molar-refractivity contribution < 1.29 is 0 Å². The van der Waals surface area contributed by atoms with Crippen LogP contribution in [0.25, 0.3) is 65.4 Å². The maximum Gasteiger partial charge on any atom is 0.131 e. The molecule has 3 aromatic heterocycles. The number of allylic oxidation sites excluding steroid dienone is 1. The predicted octanol–water partition coefficient (Wildman–Crippen LogP) is 8.15. The highest BCUT2D eigenvalue weighted by Gasteiger charge is 2.23. The van der Waals surface area contributed by atoms with E-state index in [0.717, 1.165) is 31.7 Å². The fourth-order valence-electron chi connectivity index (χ4n) is 5.30. The first-order valence-corrected chi connectivity index (χ1v) is 11.8. The molecule has 0 saturated carbocycles. The van der Waals surface area contributed by atoms with Crippen LogP contribution in [0.2, 0.25) is 0 Å². The van der Waals surface area contributed by atoms with Crippen molar-refractivity contribution >= 4 is 65.6 Å². The van der Waals surface area contributed by atoms with Crippen LogP contribution in [0.3, 0.4) is 0 Å². The Morgan fingerprint density at radius 2 is 1.50 bits per heavy atom. The minimum atomic E-state index is 0.106. The number of thiophene rings is 1. The van der Waals surface area contributed by atoms with Crippen LogP contribution in [0.15, 0.2) is 90.5 Å². The number of fused-ring (bicyclic) bond motifs is 6. The molecule has 0 bridgehead atoms. The zero-order valence-corrected chi connectivity index (χ0v) is 18.7. The molecule has 0 radical (unpaired) electrons. The lowest BCUT2D eigenvalue weighted by Crippen LogP contribution is -1.90. The molecule has 0 aliphatic rings.